The Bertz CT molecular complexity index is 927. The topological polar surface area (TPSA) is 77.6 Å². The predicted molar refractivity (Wildman–Crippen MR) is 96.1 cm³/mol. The van der Waals surface area contributed by atoms with Gasteiger partial charge in [-0.25, -0.2) is 4.98 Å². The Morgan fingerprint density at radius 3 is 2.61 bits per heavy atom. The second kappa shape index (κ2) is 5.77. The van der Waals surface area contributed by atoms with Crippen LogP contribution in [0.25, 0.3) is 15.8 Å². The van der Waals surface area contributed by atoms with Gasteiger partial charge in [-0.2, -0.15) is 0 Å². The van der Waals surface area contributed by atoms with Crippen LogP contribution >= 0.6 is 11.3 Å². The maximum absolute atomic E-state index is 8.26. The number of allylic oxidation sites excluding steroid dienone is 4. The monoisotopic (exact) mass is 327 g/mol. The third kappa shape index (κ3) is 2.53. The maximum Gasteiger partial charge on any atom is 0.229 e. The maximum atomic E-state index is 8.26. The smallest absolute Gasteiger partial charge is 0.229 e. The van der Waals surface area contributed by atoms with E-state index in [9.17, 15) is 0 Å². The fourth-order valence-corrected chi connectivity index (χ4v) is 4.15. The van der Waals surface area contributed by atoms with E-state index in [2.05, 4.69) is 36.3 Å². The molecule has 2 aromatic heterocycles. The summed E-state index contributed by atoms with van der Waals surface area (Å²) in [5, 5.41) is 20.5. The molecule has 120 valence electrons. The van der Waals surface area contributed by atoms with E-state index in [-0.39, 0.29) is 5.62 Å². The minimum atomic E-state index is 0.130. The van der Waals surface area contributed by atoms with Crippen molar-refractivity contribution >= 4 is 33.0 Å². The van der Waals surface area contributed by atoms with Crippen molar-refractivity contribution in [2.45, 2.75) is 33.6 Å². The van der Waals surface area contributed by atoms with Crippen LogP contribution in [0.3, 0.4) is 0 Å². The van der Waals surface area contributed by atoms with Crippen LogP contribution in [0.15, 0.2) is 17.8 Å². The Hall–Kier alpha value is -2.21. The van der Waals surface area contributed by atoms with Crippen LogP contribution in [-0.4, -0.2) is 22.4 Å². The highest BCUT2D eigenvalue weighted by molar-refractivity contribution is 7.19. The van der Waals surface area contributed by atoms with Gasteiger partial charge in [0, 0.05) is 23.0 Å². The molecular weight excluding hydrogens is 306 g/mol. The zero-order valence-corrected chi connectivity index (χ0v) is 14.7. The number of thiophene rings is 1. The molecule has 1 aliphatic carbocycles. The van der Waals surface area contributed by atoms with E-state index in [1.165, 1.54) is 16.1 Å². The van der Waals surface area contributed by atoms with E-state index in [0.29, 0.717) is 5.84 Å². The lowest BCUT2D eigenvalue weighted by Gasteiger charge is -2.16. The summed E-state index contributed by atoms with van der Waals surface area (Å²) in [5.74, 6) is 0.329. The molecule has 5 nitrogen and oxygen atoms in total. The first-order valence-corrected chi connectivity index (χ1v) is 8.46. The Kier molecular flexibility index (Phi) is 3.93. The second-order valence-corrected chi connectivity index (χ2v) is 7.01. The number of hydrogen-bond acceptors (Lipinski definition) is 5. The summed E-state index contributed by atoms with van der Waals surface area (Å²) in [6.07, 6.45) is 6.06. The first kappa shape index (κ1) is 15.7. The summed E-state index contributed by atoms with van der Waals surface area (Å²) in [4.78, 5) is 6.71. The average molecular weight is 327 g/mol. The van der Waals surface area contributed by atoms with Gasteiger partial charge in [0.1, 0.15) is 10.7 Å². The molecule has 1 aliphatic rings. The summed E-state index contributed by atoms with van der Waals surface area (Å²) in [7, 11) is 1.94. The Balaban J connectivity index is 2.33. The van der Waals surface area contributed by atoms with E-state index in [0.717, 1.165) is 34.3 Å². The Morgan fingerprint density at radius 1 is 1.30 bits per heavy atom. The molecule has 3 N–H and O–H groups in total. The predicted octanol–water partition coefficient (Wildman–Crippen LogP) is 3.32. The normalized spacial score (nSPS) is 14.6. The molecule has 2 aromatic rings. The molecule has 0 bridgehead atoms. The zero-order chi connectivity index (χ0) is 16.7. The molecule has 23 heavy (non-hydrogen) atoms. The number of fused-ring (bicyclic) bond motifs is 1. The molecule has 0 atom stereocenters. The van der Waals surface area contributed by atoms with Crippen LogP contribution < -0.4 is 10.9 Å². The van der Waals surface area contributed by atoms with Crippen molar-refractivity contribution in [3.05, 3.63) is 39.6 Å². The van der Waals surface area contributed by atoms with Gasteiger partial charge in [-0.3, -0.25) is 15.4 Å². The highest BCUT2D eigenvalue weighted by atomic mass is 32.1. The van der Waals surface area contributed by atoms with Crippen molar-refractivity contribution in [3.63, 3.8) is 0 Å². The van der Waals surface area contributed by atoms with Gasteiger partial charge in [-0.1, -0.05) is 6.08 Å². The summed E-state index contributed by atoms with van der Waals surface area (Å²) in [6.45, 7) is 5.89. The largest absolute Gasteiger partial charge is 0.391 e. The Morgan fingerprint density at radius 2 is 2.04 bits per heavy atom. The van der Waals surface area contributed by atoms with Gasteiger partial charge in [0.05, 0.1) is 5.69 Å². The molecule has 0 aromatic carbocycles. The molecule has 0 fully saturated rings. The van der Waals surface area contributed by atoms with Crippen LogP contribution in [0.2, 0.25) is 0 Å². The molecule has 0 aliphatic heterocycles. The highest BCUT2D eigenvalue weighted by Crippen LogP contribution is 2.36. The van der Waals surface area contributed by atoms with Gasteiger partial charge in [0.25, 0.3) is 0 Å². The number of rotatable bonds is 2. The van der Waals surface area contributed by atoms with Crippen molar-refractivity contribution in [2.75, 3.05) is 7.05 Å². The number of aryl methyl sites for hydroxylation is 2. The standard InChI is InChI=1S/C17H21N5S/c1-9-10(2)23-16-14(9)15(21-17(19)22(16)11(3)18)12-5-7-13(20-4)8-6-12/h5,7,18-20H,6,8H2,1-4H3. The van der Waals surface area contributed by atoms with Crippen LogP contribution in [0, 0.1) is 24.7 Å². The van der Waals surface area contributed by atoms with E-state index < -0.39 is 0 Å². The van der Waals surface area contributed by atoms with Crippen LogP contribution in [0.5, 0.6) is 0 Å². The molecule has 0 spiro atoms. The van der Waals surface area contributed by atoms with Gasteiger partial charge in [0.15, 0.2) is 0 Å². The number of aromatic nitrogens is 2. The summed E-state index contributed by atoms with van der Waals surface area (Å²) in [6, 6.07) is 0. The SMILES string of the molecule is CNC1=CC=C(c2nc(=N)n(C(C)=N)c3sc(C)c(C)c23)CC1. The number of nitrogens with zero attached hydrogens (tertiary/aromatic N) is 2. The fraction of sp³-hybridized carbons (Fsp3) is 0.353. The summed E-state index contributed by atoms with van der Waals surface area (Å²) in [5.41, 5.74) is 4.61. The number of hydrogen-bond donors (Lipinski definition) is 3. The third-order valence-electron chi connectivity index (χ3n) is 4.35. The second-order valence-electron chi connectivity index (χ2n) is 5.80. The van der Waals surface area contributed by atoms with Gasteiger partial charge >= 0.3 is 0 Å². The summed E-state index contributed by atoms with van der Waals surface area (Å²) >= 11 is 1.64. The van der Waals surface area contributed by atoms with Crippen molar-refractivity contribution in [2.24, 2.45) is 0 Å². The van der Waals surface area contributed by atoms with Crippen molar-refractivity contribution in [1.29, 1.82) is 10.8 Å². The molecule has 3 rings (SSSR count). The zero-order valence-electron chi connectivity index (χ0n) is 13.9. The molecule has 0 saturated carbocycles. The van der Waals surface area contributed by atoms with Crippen molar-refractivity contribution < 1.29 is 0 Å². The lowest BCUT2D eigenvalue weighted by atomic mass is 9.97. The molecule has 0 amide bonds. The lowest BCUT2D eigenvalue weighted by Crippen LogP contribution is -2.28. The fourth-order valence-electron chi connectivity index (χ4n) is 2.94. The van der Waals surface area contributed by atoms with Crippen molar-refractivity contribution in [1.82, 2.24) is 14.9 Å². The molecule has 2 heterocycles. The first-order chi connectivity index (χ1) is 10.9. The minimum absolute atomic E-state index is 0.130. The molecule has 0 saturated heterocycles. The molecule has 0 unspecified atom stereocenters. The van der Waals surface area contributed by atoms with Crippen molar-refractivity contribution in [3.8, 4) is 0 Å². The van der Waals surface area contributed by atoms with Crippen LogP contribution in [-0.2, 0) is 0 Å². The minimum Gasteiger partial charge on any atom is -0.391 e. The van der Waals surface area contributed by atoms with Gasteiger partial charge in [0.2, 0.25) is 5.62 Å². The first-order valence-electron chi connectivity index (χ1n) is 7.64. The quantitative estimate of drug-likeness (QED) is 0.584. The van der Waals surface area contributed by atoms with Gasteiger partial charge < -0.3 is 5.32 Å². The van der Waals surface area contributed by atoms with E-state index in [4.69, 9.17) is 10.8 Å². The van der Waals surface area contributed by atoms with E-state index >= 15 is 0 Å². The molecule has 6 heteroatoms. The van der Waals surface area contributed by atoms with E-state index in [1.807, 2.05) is 7.05 Å². The van der Waals surface area contributed by atoms with Crippen LogP contribution in [0.4, 0.5) is 0 Å². The van der Waals surface area contributed by atoms with Gasteiger partial charge in [-0.05, 0) is 50.8 Å². The van der Waals surface area contributed by atoms with Crippen LogP contribution in [0.1, 0.15) is 35.9 Å². The molecule has 0 radical (unpaired) electrons. The Labute approximate surface area is 139 Å². The van der Waals surface area contributed by atoms with Gasteiger partial charge in [-0.15, -0.1) is 11.3 Å². The lowest BCUT2D eigenvalue weighted by molar-refractivity contribution is 0.842. The number of nitrogens with one attached hydrogen (secondary N) is 3. The third-order valence-corrected chi connectivity index (χ3v) is 5.54. The van der Waals surface area contributed by atoms with E-state index in [1.54, 1.807) is 22.8 Å². The molecular formula is C17H21N5S. The summed E-state index contributed by atoms with van der Waals surface area (Å²) < 4.78 is 1.63. The average Bonchev–Trinajstić information content (AvgIpc) is 2.81. The highest BCUT2D eigenvalue weighted by Gasteiger charge is 2.19.